The molecule has 0 amide bonds. The SMILES string of the molecule is CCN(CCOC)S(=O)(=O)c1cc(N)cc2c1OCCC2. The Morgan fingerprint density at radius 2 is 2.19 bits per heavy atom. The van der Waals surface area contributed by atoms with E-state index < -0.39 is 10.0 Å². The van der Waals surface area contributed by atoms with E-state index in [1.54, 1.807) is 20.1 Å². The lowest BCUT2D eigenvalue weighted by Gasteiger charge is -2.25. The molecule has 0 unspecified atom stereocenters. The quantitative estimate of drug-likeness (QED) is 0.799. The van der Waals surface area contributed by atoms with Crippen molar-refractivity contribution in [3.05, 3.63) is 17.7 Å². The van der Waals surface area contributed by atoms with E-state index in [2.05, 4.69) is 0 Å². The van der Waals surface area contributed by atoms with Crippen molar-refractivity contribution >= 4 is 15.7 Å². The maximum Gasteiger partial charge on any atom is 0.246 e. The first-order valence-electron chi connectivity index (χ1n) is 7.05. The molecule has 1 aromatic rings. The van der Waals surface area contributed by atoms with Gasteiger partial charge in [0.1, 0.15) is 10.6 Å². The molecule has 0 saturated heterocycles. The van der Waals surface area contributed by atoms with E-state index in [0.29, 0.717) is 37.7 Å². The van der Waals surface area contributed by atoms with Gasteiger partial charge < -0.3 is 15.2 Å². The van der Waals surface area contributed by atoms with Crippen LogP contribution in [0.3, 0.4) is 0 Å². The van der Waals surface area contributed by atoms with Crippen molar-refractivity contribution in [2.75, 3.05) is 39.1 Å². The summed E-state index contributed by atoms with van der Waals surface area (Å²) < 4.78 is 37.6. The fourth-order valence-corrected chi connectivity index (χ4v) is 4.08. The monoisotopic (exact) mass is 314 g/mol. The highest BCUT2D eigenvalue weighted by Gasteiger charge is 2.29. The molecule has 1 heterocycles. The molecular formula is C14H22N2O4S. The Balaban J connectivity index is 2.46. The third-order valence-electron chi connectivity index (χ3n) is 3.51. The number of rotatable bonds is 6. The number of hydrogen-bond donors (Lipinski definition) is 1. The first kappa shape index (κ1) is 16.1. The number of fused-ring (bicyclic) bond motifs is 1. The van der Waals surface area contributed by atoms with Gasteiger partial charge in [-0.15, -0.1) is 0 Å². The van der Waals surface area contributed by atoms with Crippen LogP contribution in [0, 0.1) is 0 Å². The second-order valence-corrected chi connectivity index (χ2v) is 6.86. The summed E-state index contributed by atoms with van der Waals surface area (Å²) in [7, 11) is -2.09. The number of nitrogen functional groups attached to an aromatic ring is 1. The van der Waals surface area contributed by atoms with Crippen LogP contribution in [0.25, 0.3) is 0 Å². The molecule has 0 bridgehead atoms. The van der Waals surface area contributed by atoms with Crippen molar-refractivity contribution in [3.63, 3.8) is 0 Å². The van der Waals surface area contributed by atoms with Crippen LogP contribution in [0.5, 0.6) is 5.75 Å². The first-order valence-corrected chi connectivity index (χ1v) is 8.49. The summed E-state index contributed by atoms with van der Waals surface area (Å²) in [5, 5.41) is 0. The van der Waals surface area contributed by atoms with E-state index >= 15 is 0 Å². The van der Waals surface area contributed by atoms with Crippen LogP contribution in [-0.2, 0) is 21.2 Å². The maximum absolute atomic E-state index is 12.8. The predicted molar refractivity (Wildman–Crippen MR) is 81.0 cm³/mol. The molecule has 0 spiro atoms. The van der Waals surface area contributed by atoms with Gasteiger partial charge >= 0.3 is 0 Å². The number of anilines is 1. The molecule has 1 aromatic carbocycles. The molecule has 1 aliphatic heterocycles. The average Bonchev–Trinajstić information content (AvgIpc) is 2.46. The fraction of sp³-hybridized carbons (Fsp3) is 0.571. The minimum absolute atomic E-state index is 0.162. The Kier molecular flexibility index (Phi) is 5.08. The molecule has 2 rings (SSSR count). The number of benzene rings is 1. The minimum atomic E-state index is -3.64. The van der Waals surface area contributed by atoms with Gasteiger partial charge in [0.15, 0.2) is 0 Å². The summed E-state index contributed by atoms with van der Waals surface area (Å²) in [4.78, 5) is 0.162. The molecule has 6 nitrogen and oxygen atoms in total. The molecule has 1 aliphatic rings. The smallest absolute Gasteiger partial charge is 0.246 e. The van der Waals surface area contributed by atoms with E-state index in [9.17, 15) is 8.42 Å². The lowest BCUT2D eigenvalue weighted by atomic mass is 10.1. The highest BCUT2D eigenvalue weighted by molar-refractivity contribution is 7.89. The zero-order chi connectivity index (χ0) is 15.5. The van der Waals surface area contributed by atoms with Crippen LogP contribution in [0.4, 0.5) is 5.69 Å². The van der Waals surface area contributed by atoms with Gasteiger partial charge in [-0.25, -0.2) is 8.42 Å². The Bertz CT molecular complexity index is 601. The number of aryl methyl sites for hydroxylation is 1. The summed E-state index contributed by atoms with van der Waals surface area (Å²) in [6, 6.07) is 3.27. The Labute approximate surface area is 125 Å². The van der Waals surface area contributed by atoms with Crippen molar-refractivity contribution in [1.82, 2.24) is 4.31 Å². The van der Waals surface area contributed by atoms with Gasteiger partial charge in [0.05, 0.1) is 13.2 Å². The molecule has 0 saturated carbocycles. The standard InChI is InChI=1S/C14H22N2O4S/c1-3-16(6-8-19-2)21(17,18)13-10-12(15)9-11-5-4-7-20-14(11)13/h9-10H,3-8,15H2,1-2H3. The number of hydrogen-bond acceptors (Lipinski definition) is 5. The lowest BCUT2D eigenvalue weighted by molar-refractivity contribution is 0.180. The Morgan fingerprint density at radius 1 is 1.43 bits per heavy atom. The van der Waals surface area contributed by atoms with Crippen LogP contribution in [0.15, 0.2) is 17.0 Å². The summed E-state index contributed by atoms with van der Waals surface area (Å²) in [6.07, 6.45) is 1.66. The normalized spacial score (nSPS) is 14.8. The summed E-state index contributed by atoms with van der Waals surface area (Å²) >= 11 is 0. The Hall–Kier alpha value is -1.31. The van der Waals surface area contributed by atoms with Crippen molar-refractivity contribution in [3.8, 4) is 5.75 Å². The van der Waals surface area contributed by atoms with Gasteiger partial charge in [-0.3, -0.25) is 0 Å². The van der Waals surface area contributed by atoms with Crippen LogP contribution in [0.1, 0.15) is 18.9 Å². The van der Waals surface area contributed by atoms with Gasteiger partial charge in [-0.1, -0.05) is 6.92 Å². The number of nitrogens with zero attached hydrogens (tertiary/aromatic N) is 1. The van der Waals surface area contributed by atoms with E-state index in [1.165, 1.54) is 10.4 Å². The van der Waals surface area contributed by atoms with E-state index in [0.717, 1.165) is 18.4 Å². The molecule has 21 heavy (non-hydrogen) atoms. The molecule has 0 fully saturated rings. The fourth-order valence-electron chi connectivity index (χ4n) is 2.44. The van der Waals surface area contributed by atoms with Crippen molar-refractivity contribution in [2.45, 2.75) is 24.7 Å². The molecule has 7 heteroatoms. The molecule has 0 radical (unpaired) electrons. The molecule has 118 valence electrons. The number of methoxy groups -OCH3 is 1. The molecule has 0 aliphatic carbocycles. The van der Waals surface area contributed by atoms with Crippen molar-refractivity contribution < 1.29 is 17.9 Å². The number of ether oxygens (including phenoxy) is 2. The van der Waals surface area contributed by atoms with Crippen LogP contribution in [0.2, 0.25) is 0 Å². The van der Waals surface area contributed by atoms with Crippen molar-refractivity contribution in [2.24, 2.45) is 0 Å². The zero-order valence-corrected chi connectivity index (χ0v) is 13.3. The highest BCUT2D eigenvalue weighted by atomic mass is 32.2. The van der Waals surface area contributed by atoms with Crippen LogP contribution < -0.4 is 10.5 Å². The molecule has 0 aromatic heterocycles. The topological polar surface area (TPSA) is 81.9 Å². The third-order valence-corrected chi connectivity index (χ3v) is 5.49. The second kappa shape index (κ2) is 6.64. The first-order chi connectivity index (χ1) is 10.0. The number of nitrogens with two attached hydrogens (primary N) is 1. The minimum Gasteiger partial charge on any atom is -0.492 e. The van der Waals surface area contributed by atoms with E-state index in [1.807, 2.05) is 0 Å². The van der Waals surface area contributed by atoms with Crippen molar-refractivity contribution in [1.29, 1.82) is 0 Å². The molecular weight excluding hydrogens is 292 g/mol. The van der Waals surface area contributed by atoms with E-state index in [4.69, 9.17) is 15.2 Å². The average molecular weight is 314 g/mol. The largest absolute Gasteiger partial charge is 0.492 e. The van der Waals surface area contributed by atoms with Gasteiger partial charge in [-0.2, -0.15) is 4.31 Å². The summed E-state index contributed by atoms with van der Waals surface area (Å²) in [5.41, 5.74) is 7.17. The highest BCUT2D eigenvalue weighted by Crippen LogP contribution is 2.35. The second-order valence-electron chi connectivity index (χ2n) is 4.95. The zero-order valence-electron chi connectivity index (χ0n) is 12.5. The Morgan fingerprint density at radius 3 is 2.86 bits per heavy atom. The third kappa shape index (κ3) is 3.30. The lowest BCUT2D eigenvalue weighted by Crippen LogP contribution is -2.34. The van der Waals surface area contributed by atoms with Gasteiger partial charge in [0, 0.05) is 25.9 Å². The number of sulfonamides is 1. The number of likely N-dealkylation sites (N-methyl/N-ethyl adjacent to an activating group) is 1. The molecule has 2 N–H and O–H groups in total. The molecule has 0 atom stereocenters. The van der Waals surface area contributed by atoms with Crippen LogP contribution >= 0.6 is 0 Å². The van der Waals surface area contributed by atoms with Crippen LogP contribution in [-0.4, -0.2) is 46.1 Å². The van der Waals surface area contributed by atoms with Gasteiger partial charge in [0.25, 0.3) is 0 Å². The van der Waals surface area contributed by atoms with Gasteiger partial charge in [-0.05, 0) is 30.5 Å². The predicted octanol–water partition coefficient (Wildman–Crippen LogP) is 1.25. The summed E-state index contributed by atoms with van der Waals surface area (Å²) in [6.45, 7) is 3.35. The summed E-state index contributed by atoms with van der Waals surface area (Å²) in [5.74, 6) is 0.450. The van der Waals surface area contributed by atoms with Gasteiger partial charge in [0.2, 0.25) is 10.0 Å². The van der Waals surface area contributed by atoms with E-state index in [-0.39, 0.29) is 4.90 Å². The maximum atomic E-state index is 12.8.